The van der Waals surface area contributed by atoms with Crippen LogP contribution in [-0.2, 0) is 9.84 Å². The van der Waals surface area contributed by atoms with Crippen LogP contribution in [0, 0.1) is 0 Å². The Morgan fingerprint density at radius 2 is 2.16 bits per heavy atom. The molecule has 104 valence electrons. The molecule has 5 nitrogen and oxygen atoms in total. The Morgan fingerprint density at radius 1 is 1.47 bits per heavy atom. The maximum Gasteiger partial charge on any atom is 0.256 e. The normalized spacial score (nSPS) is 22.2. The Hall–Kier alpha value is -1.27. The van der Waals surface area contributed by atoms with Gasteiger partial charge in [-0.2, -0.15) is 0 Å². The summed E-state index contributed by atoms with van der Waals surface area (Å²) in [6.45, 7) is 1.92. The van der Waals surface area contributed by atoms with Gasteiger partial charge >= 0.3 is 0 Å². The van der Waals surface area contributed by atoms with Gasteiger partial charge in [0.1, 0.15) is 0 Å². The molecule has 0 bridgehead atoms. The molecule has 1 aromatic carbocycles. The molecule has 1 heterocycles. The number of halogens is 1. The standard InChI is InChI=1S/C12H15ClN2O3S/c1-8-7-19(17,18)5-4-15(8)12(16)10-3-2-9(13)6-11(10)14/h2-3,6,8H,4-5,7,14H2,1H3. The summed E-state index contributed by atoms with van der Waals surface area (Å²) in [6, 6.07) is 4.33. The first-order chi connectivity index (χ1) is 8.80. The average Bonchev–Trinajstić information content (AvgIpc) is 2.26. The molecule has 0 radical (unpaired) electrons. The van der Waals surface area contributed by atoms with E-state index in [0.29, 0.717) is 16.3 Å². The Morgan fingerprint density at radius 3 is 2.74 bits per heavy atom. The van der Waals surface area contributed by atoms with Gasteiger partial charge in [-0.25, -0.2) is 8.42 Å². The zero-order valence-corrected chi connectivity index (χ0v) is 12.0. The van der Waals surface area contributed by atoms with E-state index in [1.165, 1.54) is 6.07 Å². The van der Waals surface area contributed by atoms with E-state index in [1.54, 1.807) is 24.0 Å². The van der Waals surface area contributed by atoms with Crippen LogP contribution in [0.25, 0.3) is 0 Å². The molecule has 1 aliphatic heterocycles. The predicted octanol–water partition coefficient (Wildman–Crippen LogP) is 1.18. The lowest BCUT2D eigenvalue weighted by Gasteiger charge is -2.33. The van der Waals surface area contributed by atoms with Crippen LogP contribution in [0.15, 0.2) is 18.2 Å². The number of anilines is 1. The van der Waals surface area contributed by atoms with Crippen molar-refractivity contribution in [3.8, 4) is 0 Å². The van der Waals surface area contributed by atoms with Crippen LogP contribution in [0.4, 0.5) is 5.69 Å². The van der Waals surface area contributed by atoms with Gasteiger partial charge in [-0.05, 0) is 25.1 Å². The molecule has 1 unspecified atom stereocenters. The highest BCUT2D eigenvalue weighted by Crippen LogP contribution is 2.22. The second-order valence-electron chi connectivity index (χ2n) is 4.69. The van der Waals surface area contributed by atoms with Gasteiger partial charge in [0.2, 0.25) is 0 Å². The molecule has 7 heteroatoms. The number of nitrogens with zero attached hydrogens (tertiary/aromatic N) is 1. The van der Waals surface area contributed by atoms with E-state index in [1.807, 2.05) is 0 Å². The van der Waals surface area contributed by atoms with Crippen molar-refractivity contribution in [1.82, 2.24) is 4.90 Å². The third-order valence-electron chi connectivity index (χ3n) is 3.18. The third-order valence-corrected chi connectivity index (χ3v) is 5.21. The van der Waals surface area contributed by atoms with Crippen LogP contribution in [0.1, 0.15) is 17.3 Å². The summed E-state index contributed by atoms with van der Waals surface area (Å²) in [7, 11) is -3.04. The van der Waals surface area contributed by atoms with Gasteiger partial charge in [-0.1, -0.05) is 11.6 Å². The highest BCUT2D eigenvalue weighted by molar-refractivity contribution is 7.91. The van der Waals surface area contributed by atoms with Crippen molar-refractivity contribution in [2.24, 2.45) is 0 Å². The van der Waals surface area contributed by atoms with E-state index in [0.717, 1.165) is 0 Å². The number of rotatable bonds is 1. The predicted molar refractivity (Wildman–Crippen MR) is 75.0 cm³/mol. The lowest BCUT2D eigenvalue weighted by atomic mass is 10.1. The maximum absolute atomic E-state index is 12.4. The molecule has 1 amide bonds. The Kier molecular flexibility index (Phi) is 3.73. The van der Waals surface area contributed by atoms with Crippen LogP contribution in [0.3, 0.4) is 0 Å². The van der Waals surface area contributed by atoms with E-state index in [9.17, 15) is 13.2 Å². The summed E-state index contributed by atoms with van der Waals surface area (Å²) < 4.78 is 23.0. The van der Waals surface area contributed by atoms with E-state index in [-0.39, 0.29) is 30.0 Å². The van der Waals surface area contributed by atoms with Crippen LogP contribution in [-0.4, -0.2) is 43.3 Å². The van der Waals surface area contributed by atoms with Crippen molar-refractivity contribution in [1.29, 1.82) is 0 Å². The van der Waals surface area contributed by atoms with E-state index >= 15 is 0 Å². The first-order valence-corrected chi connectivity index (χ1v) is 8.06. The van der Waals surface area contributed by atoms with Gasteiger partial charge in [-0.15, -0.1) is 0 Å². The second kappa shape index (κ2) is 5.02. The molecule has 1 atom stereocenters. The quantitative estimate of drug-likeness (QED) is 0.790. The minimum absolute atomic E-state index is 0.00340. The van der Waals surface area contributed by atoms with Crippen molar-refractivity contribution in [3.05, 3.63) is 28.8 Å². The number of hydrogen-bond donors (Lipinski definition) is 1. The summed E-state index contributed by atoms with van der Waals surface area (Å²) >= 11 is 5.79. The lowest BCUT2D eigenvalue weighted by molar-refractivity contribution is 0.0713. The van der Waals surface area contributed by atoms with Crippen LogP contribution in [0.2, 0.25) is 5.02 Å². The summed E-state index contributed by atoms with van der Waals surface area (Å²) in [5, 5.41) is 0.461. The lowest BCUT2D eigenvalue weighted by Crippen LogP contribution is -2.49. The van der Waals surface area contributed by atoms with E-state index < -0.39 is 9.84 Å². The van der Waals surface area contributed by atoms with Crippen molar-refractivity contribution in [2.45, 2.75) is 13.0 Å². The fraction of sp³-hybridized carbons (Fsp3) is 0.417. The molecular weight excluding hydrogens is 288 g/mol. The molecule has 1 aromatic rings. The number of nitrogens with two attached hydrogens (primary N) is 1. The van der Waals surface area contributed by atoms with Gasteiger partial charge in [0.25, 0.3) is 5.91 Å². The average molecular weight is 303 g/mol. The monoisotopic (exact) mass is 302 g/mol. The second-order valence-corrected chi connectivity index (χ2v) is 7.36. The van der Waals surface area contributed by atoms with Crippen LogP contribution < -0.4 is 5.73 Å². The molecule has 0 saturated carbocycles. The molecule has 1 fully saturated rings. The molecular formula is C12H15ClN2O3S. The number of carbonyl (C=O) groups excluding carboxylic acids is 1. The zero-order chi connectivity index (χ0) is 14.2. The zero-order valence-electron chi connectivity index (χ0n) is 10.5. The van der Waals surface area contributed by atoms with Gasteiger partial charge in [-0.3, -0.25) is 4.79 Å². The van der Waals surface area contributed by atoms with Crippen molar-refractivity contribution in [2.75, 3.05) is 23.8 Å². The third kappa shape index (κ3) is 3.01. The Labute approximate surface area is 117 Å². The summed E-state index contributed by atoms with van der Waals surface area (Å²) in [5.41, 5.74) is 6.44. The van der Waals surface area contributed by atoms with E-state index in [2.05, 4.69) is 0 Å². The van der Waals surface area contributed by atoms with E-state index in [4.69, 9.17) is 17.3 Å². The van der Waals surface area contributed by atoms with Gasteiger partial charge in [0.05, 0.1) is 17.1 Å². The highest BCUT2D eigenvalue weighted by Gasteiger charge is 2.32. The highest BCUT2D eigenvalue weighted by atomic mass is 35.5. The van der Waals surface area contributed by atoms with Crippen molar-refractivity contribution < 1.29 is 13.2 Å². The van der Waals surface area contributed by atoms with Gasteiger partial charge < -0.3 is 10.6 Å². The molecule has 1 aliphatic rings. The summed E-state index contributed by atoms with van der Waals surface area (Å²) in [5.74, 6) is -0.264. The molecule has 19 heavy (non-hydrogen) atoms. The minimum atomic E-state index is -3.04. The smallest absolute Gasteiger partial charge is 0.256 e. The van der Waals surface area contributed by atoms with Gasteiger partial charge in [0.15, 0.2) is 9.84 Å². The number of nitrogen functional groups attached to an aromatic ring is 1. The maximum atomic E-state index is 12.4. The number of carbonyl (C=O) groups is 1. The molecule has 2 N–H and O–H groups in total. The SMILES string of the molecule is CC1CS(=O)(=O)CCN1C(=O)c1ccc(Cl)cc1N. The van der Waals surface area contributed by atoms with Crippen molar-refractivity contribution >= 4 is 33.0 Å². The first kappa shape index (κ1) is 14.1. The number of sulfone groups is 1. The van der Waals surface area contributed by atoms with Crippen LogP contribution in [0.5, 0.6) is 0 Å². The number of hydrogen-bond acceptors (Lipinski definition) is 4. The fourth-order valence-corrected chi connectivity index (χ4v) is 3.92. The first-order valence-electron chi connectivity index (χ1n) is 5.86. The molecule has 0 spiro atoms. The molecule has 1 saturated heterocycles. The summed E-state index contributed by atoms with van der Waals surface area (Å²) in [4.78, 5) is 13.9. The Balaban J connectivity index is 2.25. The number of amides is 1. The Bertz CT molecular complexity index is 615. The largest absolute Gasteiger partial charge is 0.398 e. The minimum Gasteiger partial charge on any atom is -0.398 e. The van der Waals surface area contributed by atoms with Gasteiger partial charge in [0, 0.05) is 23.3 Å². The molecule has 2 rings (SSSR count). The summed E-state index contributed by atoms with van der Waals surface area (Å²) in [6.07, 6.45) is 0. The topological polar surface area (TPSA) is 80.5 Å². The molecule has 0 aromatic heterocycles. The van der Waals surface area contributed by atoms with Crippen LogP contribution >= 0.6 is 11.6 Å². The van der Waals surface area contributed by atoms with Crippen molar-refractivity contribution in [3.63, 3.8) is 0 Å². The molecule has 0 aliphatic carbocycles. The fourth-order valence-electron chi connectivity index (χ4n) is 2.18. The number of benzene rings is 1.